The van der Waals surface area contributed by atoms with E-state index >= 15 is 0 Å². The molecule has 1 unspecified atom stereocenters. The first-order valence-corrected chi connectivity index (χ1v) is 7.40. The Balaban J connectivity index is 2.05. The molecule has 0 aliphatic rings. The van der Waals surface area contributed by atoms with Gasteiger partial charge in [0.15, 0.2) is 0 Å². The van der Waals surface area contributed by atoms with E-state index in [2.05, 4.69) is 31.2 Å². The van der Waals surface area contributed by atoms with Crippen molar-refractivity contribution in [3.05, 3.63) is 65.5 Å². The van der Waals surface area contributed by atoms with E-state index in [0.29, 0.717) is 6.42 Å². The SMILES string of the molecule is CCSc1ccc(C(N)Cc2cccc(F)c2)cc1. The van der Waals surface area contributed by atoms with E-state index in [1.165, 1.54) is 11.0 Å². The molecule has 2 aromatic rings. The zero-order chi connectivity index (χ0) is 13.7. The Morgan fingerprint density at radius 1 is 1.16 bits per heavy atom. The molecule has 0 saturated carbocycles. The van der Waals surface area contributed by atoms with Crippen LogP contribution in [0.15, 0.2) is 53.4 Å². The summed E-state index contributed by atoms with van der Waals surface area (Å²) in [5, 5.41) is 0. The molecule has 3 heteroatoms. The van der Waals surface area contributed by atoms with Crippen molar-refractivity contribution >= 4 is 11.8 Å². The van der Waals surface area contributed by atoms with Crippen molar-refractivity contribution in [1.82, 2.24) is 0 Å². The van der Waals surface area contributed by atoms with E-state index in [4.69, 9.17) is 5.73 Å². The topological polar surface area (TPSA) is 26.0 Å². The van der Waals surface area contributed by atoms with Gasteiger partial charge in [-0.3, -0.25) is 0 Å². The molecule has 1 nitrogen and oxygen atoms in total. The van der Waals surface area contributed by atoms with Gasteiger partial charge in [0.2, 0.25) is 0 Å². The van der Waals surface area contributed by atoms with Crippen LogP contribution in [-0.4, -0.2) is 5.75 Å². The number of thioether (sulfide) groups is 1. The second-order valence-electron chi connectivity index (χ2n) is 4.44. The normalized spacial score (nSPS) is 12.4. The minimum atomic E-state index is -0.209. The zero-order valence-electron chi connectivity index (χ0n) is 11.0. The van der Waals surface area contributed by atoms with Crippen LogP contribution in [0.25, 0.3) is 0 Å². The molecule has 100 valence electrons. The Hall–Kier alpha value is -1.32. The molecule has 2 N–H and O–H groups in total. The minimum absolute atomic E-state index is 0.0949. The first kappa shape index (κ1) is 14.1. The molecule has 0 radical (unpaired) electrons. The Morgan fingerprint density at radius 3 is 2.53 bits per heavy atom. The maximum absolute atomic E-state index is 13.1. The largest absolute Gasteiger partial charge is 0.324 e. The molecule has 19 heavy (non-hydrogen) atoms. The van der Waals surface area contributed by atoms with E-state index in [1.807, 2.05) is 17.8 Å². The van der Waals surface area contributed by atoms with Crippen LogP contribution in [0.2, 0.25) is 0 Å². The molecule has 2 rings (SSSR count). The fourth-order valence-corrected chi connectivity index (χ4v) is 2.68. The molecule has 0 aromatic heterocycles. The Labute approximate surface area is 118 Å². The lowest BCUT2D eigenvalue weighted by atomic mass is 10.00. The molecule has 2 aromatic carbocycles. The summed E-state index contributed by atoms with van der Waals surface area (Å²) in [7, 11) is 0. The van der Waals surface area contributed by atoms with Crippen molar-refractivity contribution in [2.75, 3.05) is 5.75 Å². The lowest BCUT2D eigenvalue weighted by Crippen LogP contribution is -2.13. The molecule has 0 spiro atoms. The first-order chi connectivity index (χ1) is 9.19. The molecule has 0 aliphatic heterocycles. The molecular formula is C16H18FNS. The van der Waals surface area contributed by atoms with Crippen molar-refractivity contribution in [2.24, 2.45) is 5.73 Å². The van der Waals surface area contributed by atoms with E-state index in [-0.39, 0.29) is 11.9 Å². The fraction of sp³-hybridized carbons (Fsp3) is 0.250. The molecule has 0 fully saturated rings. The lowest BCUT2D eigenvalue weighted by molar-refractivity contribution is 0.622. The molecular weight excluding hydrogens is 257 g/mol. The number of benzene rings is 2. The fourth-order valence-electron chi connectivity index (χ4n) is 2.01. The van der Waals surface area contributed by atoms with Gasteiger partial charge in [0.25, 0.3) is 0 Å². The maximum Gasteiger partial charge on any atom is 0.123 e. The third-order valence-corrected chi connectivity index (χ3v) is 3.86. The van der Waals surface area contributed by atoms with Gasteiger partial charge >= 0.3 is 0 Å². The van der Waals surface area contributed by atoms with Crippen LogP contribution >= 0.6 is 11.8 Å². The first-order valence-electron chi connectivity index (χ1n) is 6.42. The second-order valence-corrected chi connectivity index (χ2v) is 5.78. The van der Waals surface area contributed by atoms with Crippen LogP contribution in [0.3, 0.4) is 0 Å². The smallest absolute Gasteiger partial charge is 0.123 e. The lowest BCUT2D eigenvalue weighted by Gasteiger charge is -2.12. The van der Waals surface area contributed by atoms with Gasteiger partial charge in [0.1, 0.15) is 5.82 Å². The van der Waals surface area contributed by atoms with Crippen LogP contribution < -0.4 is 5.73 Å². The number of hydrogen-bond donors (Lipinski definition) is 1. The summed E-state index contributed by atoms with van der Waals surface area (Å²) in [6.45, 7) is 2.13. The molecule has 1 atom stereocenters. The van der Waals surface area contributed by atoms with Crippen molar-refractivity contribution in [3.8, 4) is 0 Å². The van der Waals surface area contributed by atoms with Gasteiger partial charge in [0, 0.05) is 10.9 Å². The average molecular weight is 275 g/mol. The summed E-state index contributed by atoms with van der Waals surface area (Å²) in [5.74, 6) is 0.855. The van der Waals surface area contributed by atoms with E-state index in [0.717, 1.165) is 16.9 Å². The van der Waals surface area contributed by atoms with Gasteiger partial charge in [-0.05, 0) is 47.6 Å². The predicted molar refractivity (Wildman–Crippen MR) is 79.9 cm³/mol. The molecule has 0 aliphatic carbocycles. The quantitative estimate of drug-likeness (QED) is 0.828. The summed E-state index contributed by atoms with van der Waals surface area (Å²) >= 11 is 1.81. The summed E-state index contributed by atoms with van der Waals surface area (Å²) in [4.78, 5) is 1.25. The molecule has 0 heterocycles. The molecule has 0 bridgehead atoms. The van der Waals surface area contributed by atoms with Crippen LogP contribution in [0, 0.1) is 5.82 Å². The Morgan fingerprint density at radius 2 is 1.89 bits per heavy atom. The highest BCUT2D eigenvalue weighted by molar-refractivity contribution is 7.99. The van der Waals surface area contributed by atoms with Crippen LogP contribution in [0.4, 0.5) is 4.39 Å². The second kappa shape index (κ2) is 6.73. The maximum atomic E-state index is 13.1. The molecule has 0 amide bonds. The van der Waals surface area contributed by atoms with Gasteiger partial charge in [-0.1, -0.05) is 31.2 Å². The predicted octanol–water partition coefficient (Wildman–Crippen LogP) is 4.18. The summed E-state index contributed by atoms with van der Waals surface area (Å²) in [6, 6.07) is 14.8. The zero-order valence-corrected chi connectivity index (χ0v) is 11.8. The number of halogens is 1. The van der Waals surface area contributed by atoms with Gasteiger partial charge in [-0.2, -0.15) is 0 Å². The van der Waals surface area contributed by atoms with Crippen molar-refractivity contribution < 1.29 is 4.39 Å². The van der Waals surface area contributed by atoms with Crippen molar-refractivity contribution in [3.63, 3.8) is 0 Å². The third-order valence-electron chi connectivity index (χ3n) is 2.96. The standard InChI is InChI=1S/C16H18FNS/c1-2-19-15-8-6-13(7-9-15)16(18)11-12-4-3-5-14(17)10-12/h3-10,16H,2,11,18H2,1H3. The van der Waals surface area contributed by atoms with Crippen LogP contribution in [0.1, 0.15) is 24.1 Å². The number of hydrogen-bond acceptors (Lipinski definition) is 2. The van der Waals surface area contributed by atoms with E-state index < -0.39 is 0 Å². The minimum Gasteiger partial charge on any atom is -0.324 e. The van der Waals surface area contributed by atoms with Gasteiger partial charge < -0.3 is 5.73 Å². The van der Waals surface area contributed by atoms with Crippen molar-refractivity contribution in [1.29, 1.82) is 0 Å². The monoisotopic (exact) mass is 275 g/mol. The Kier molecular flexibility index (Phi) is 5.00. The molecule has 0 saturated heterocycles. The number of rotatable bonds is 5. The number of nitrogens with two attached hydrogens (primary N) is 1. The Bertz CT molecular complexity index is 525. The van der Waals surface area contributed by atoms with E-state index in [9.17, 15) is 4.39 Å². The third kappa shape index (κ3) is 4.08. The van der Waals surface area contributed by atoms with Gasteiger partial charge in [0.05, 0.1) is 0 Å². The average Bonchev–Trinajstić information content (AvgIpc) is 2.40. The highest BCUT2D eigenvalue weighted by Gasteiger charge is 2.07. The summed E-state index contributed by atoms with van der Waals surface area (Å²) < 4.78 is 13.1. The summed E-state index contributed by atoms with van der Waals surface area (Å²) in [5.41, 5.74) is 8.19. The highest BCUT2D eigenvalue weighted by atomic mass is 32.2. The van der Waals surface area contributed by atoms with Crippen molar-refractivity contribution in [2.45, 2.75) is 24.3 Å². The van der Waals surface area contributed by atoms with E-state index in [1.54, 1.807) is 12.1 Å². The van der Waals surface area contributed by atoms with Crippen LogP contribution in [-0.2, 0) is 6.42 Å². The van der Waals surface area contributed by atoms with Crippen LogP contribution in [0.5, 0.6) is 0 Å². The summed E-state index contributed by atoms with van der Waals surface area (Å²) in [6.07, 6.45) is 0.651. The highest BCUT2D eigenvalue weighted by Crippen LogP contribution is 2.22. The van der Waals surface area contributed by atoms with Gasteiger partial charge in [-0.25, -0.2) is 4.39 Å². The van der Waals surface area contributed by atoms with Gasteiger partial charge in [-0.15, -0.1) is 11.8 Å².